The number of carboxylic acid groups (broad SMARTS) is 1. The maximum atomic E-state index is 12.6. The molecule has 4 rings (SSSR count). The number of benzene rings is 1. The molecule has 0 aliphatic heterocycles. The van der Waals surface area contributed by atoms with Crippen LogP contribution in [0.2, 0.25) is 0 Å². The maximum Gasteiger partial charge on any atom is 0.573 e. The van der Waals surface area contributed by atoms with E-state index in [1.807, 2.05) is 6.07 Å². The summed E-state index contributed by atoms with van der Waals surface area (Å²) >= 11 is 0. The number of nitrogens with one attached hydrogen (secondary N) is 2. The van der Waals surface area contributed by atoms with E-state index in [2.05, 4.69) is 25.2 Å². The van der Waals surface area contributed by atoms with Gasteiger partial charge in [-0.1, -0.05) is 0 Å². The number of amides is 1. The number of H-pyrrole nitrogens is 1. The molecule has 15 heteroatoms. The molecule has 1 atom stereocenters. The van der Waals surface area contributed by atoms with E-state index in [0.717, 1.165) is 36.2 Å². The number of pyridine rings is 1. The van der Waals surface area contributed by atoms with E-state index in [-0.39, 0.29) is 17.3 Å². The molecular formula is C20H17F6N5O4. The number of fused-ring (bicyclic) bond motifs is 2. The first kappa shape index (κ1) is 25.7. The van der Waals surface area contributed by atoms with Gasteiger partial charge in [0.2, 0.25) is 0 Å². The van der Waals surface area contributed by atoms with Gasteiger partial charge in [0.15, 0.2) is 5.69 Å². The van der Waals surface area contributed by atoms with Crippen LogP contribution in [0, 0.1) is 0 Å². The van der Waals surface area contributed by atoms with Crippen molar-refractivity contribution < 1.29 is 45.8 Å². The number of aromatic amines is 1. The number of alkyl halides is 6. The number of aliphatic carboxylic acids is 1. The van der Waals surface area contributed by atoms with Gasteiger partial charge in [-0.05, 0) is 43.0 Å². The third-order valence-electron chi connectivity index (χ3n) is 4.78. The van der Waals surface area contributed by atoms with Crippen LogP contribution in [0.1, 0.15) is 28.2 Å². The Morgan fingerprint density at radius 1 is 1.17 bits per heavy atom. The second kappa shape index (κ2) is 9.77. The molecule has 35 heavy (non-hydrogen) atoms. The second-order valence-corrected chi connectivity index (χ2v) is 7.42. The van der Waals surface area contributed by atoms with Crippen LogP contribution in [0.15, 0.2) is 30.5 Å². The Balaban J connectivity index is 0.000000429. The van der Waals surface area contributed by atoms with Gasteiger partial charge in [-0.15, -0.1) is 13.2 Å². The van der Waals surface area contributed by atoms with Gasteiger partial charge >= 0.3 is 18.5 Å². The molecule has 0 saturated carbocycles. The molecule has 0 saturated heterocycles. The van der Waals surface area contributed by atoms with Crippen molar-refractivity contribution >= 4 is 28.5 Å². The zero-order valence-corrected chi connectivity index (χ0v) is 17.5. The van der Waals surface area contributed by atoms with Crippen molar-refractivity contribution in [2.24, 2.45) is 5.73 Å². The summed E-state index contributed by atoms with van der Waals surface area (Å²) in [5, 5.41) is 16.7. The highest BCUT2D eigenvalue weighted by atomic mass is 19.4. The number of carboxylic acids is 1. The first-order valence-electron chi connectivity index (χ1n) is 9.81. The molecule has 1 unspecified atom stereocenters. The zero-order valence-electron chi connectivity index (χ0n) is 17.5. The smallest absolute Gasteiger partial charge is 0.475 e. The third-order valence-corrected chi connectivity index (χ3v) is 4.78. The number of carbonyl (C=O) groups is 2. The summed E-state index contributed by atoms with van der Waals surface area (Å²) in [4.78, 5) is 25.8. The molecular weight excluding hydrogens is 488 g/mol. The number of carbonyl (C=O) groups excluding carboxylic acids is 1. The van der Waals surface area contributed by atoms with Crippen LogP contribution in [0.5, 0.6) is 5.75 Å². The Labute approximate surface area is 192 Å². The fraction of sp³-hybridized carbons (Fsp3) is 0.300. The van der Waals surface area contributed by atoms with Crippen molar-refractivity contribution in [3.63, 3.8) is 0 Å². The van der Waals surface area contributed by atoms with Crippen LogP contribution in [0.4, 0.5) is 32.0 Å². The topological polar surface area (TPSA) is 143 Å². The lowest BCUT2D eigenvalue weighted by atomic mass is 9.92. The number of hydrogen-bond acceptors (Lipinski definition) is 6. The predicted molar refractivity (Wildman–Crippen MR) is 109 cm³/mol. The van der Waals surface area contributed by atoms with Crippen molar-refractivity contribution in [2.75, 3.05) is 5.32 Å². The molecule has 3 aromatic rings. The fourth-order valence-electron chi connectivity index (χ4n) is 3.27. The number of halogens is 6. The van der Waals surface area contributed by atoms with E-state index in [9.17, 15) is 31.1 Å². The molecule has 2 aromatic heterocycles. The summed E-state index contributed by atoms with van der Waals surface area (Å²) in [6.07, 6.45) is -5.94. The van der Waals surface area contributed by atoms with Crippen LogP contribution in [0.25, 0.3) is 10.9 Å². The molecule has 1 aliphatic carbocycles. The lowest BCUT2D eigenvalue weighted by molar-refractivity contribution is -0.274. The van der Waals surface area contributed by atoms with Crippen LogP contribution in [-0.4, -0.2) is 50.7 Å². The standard InChI is InChI=1S/C18H16F3N5O2.C2HF3O2/c19-18(20,21)28-12-2-3-13-15(7-12)25-26-16(13)17(27)24-11-6-9-5-10(22)1-4-14(9)23-8-11;3-2(4,5)1(6)7/h2-3,6-8,10H,1,4-5,22H2,(H,24,27)(H,25,26);(H,6,7). The van der Waals surface area contributed by atoms with Crippen molar-refractivity contribution in [2.45, 2.75) is 37.8 Å². The average Bonchev–Trinajstić information content (AvgIpc) is 3.15. The summed E-state index contributed by atoms with van der Waals surface area (Å²) in [5.74, 6) is -3.66. The minimum Gasteiger partial charge on any atom is -0.475 e. The number of rotatable bonds is 3. The van der Waals surface area contributed by atoms with E-state index in [1.165, 1.54) is 6.07 Å². The van der Waals surface area contributed by atoms with E-state index >= 15 is 0 Å². The Morgan fingerprint density at radius 2 is 1.86 bits per heavy atom. The molecule has 0 spiro atoms. The molecule has 2 heterocycles. The molecule has 0 bridgehead atoms. The van der Waals surface area contributed by atoms with Gasteiger partial charge in [0.05, 0.1) is 17.4 Å². The van der Waals surface area contributed by atoms with Gasteiger partial charge in [0.25, 0.3) is 5.91 Å². The number of hydrogen-bond donors (Lipinski definition) is 4. The molecule has 1 aliphatic rings. The lowest BCUT2D eigenvalue weighted by Crippen LogP contribution is -2.28. The fourth-order valence-corrected chi connectivity index (χ4v) is 3.27. The molecule has 0 radical (unpaired) electrons. The molecule has 9 nitrogen and oxygen atoms in total. The summed E-state index contributed by atoms with van der Waals surface area (Å²) in [5.41, 5.74) is 8.77. The van der Waals surface area contributed by atoms with Crippen LogP contribution in [0.3, 0.4) is 0 Å². The zero-order chi connectivity index (χ0) is 26.0. The third kappa shape index (κ3) is 6.81. The number of nitrogens with two attached hydrogens (primary N) is 1. The Bertz CT molecular complexity index is 1240. The Kier molecular flexibility index (Phi) is 7.19. The normalized spacial score (nSPS) is 15.6. The highest BCUT2D eigenvalue weighted by Gasteiger charge is 2.38. The van der Waals surface area contributed by atoms with Gasteiger partial charge in [-0.3, -0.25) is 14.9 Å². The van der Waals surface area contributed by atoms with E-state index in [4.69, 9.17) is 15.6 Å². The Morgan fingerprint density at radius 3 is 2.49 bits per heavy atom. The second-order valence-electron chi connectivity index (χ2n) is 7.42. The first-order chi connectivity index (χ1) is 16.2. The summed E-state index contributed by atoms with van der Waals surface area (Å²) in [6.45, 7) is 0. The molecule has 1 aromatic carbocycles. The summed E-state index contributed by atoms with van der Waals surface area (Å²) < 4.78 is 72.6. The first-order valence-corrected chi connectivity index (χ1v) is 9.81. The number of aryl methyl sites for hydroxylation is 1. The molecule has 0 fully saturated rings. The predicted octanol–water partition coefficient (Wildman–Crippen LogP) is 3.56. The SMILES string of the molecule is NC1CCc2ncc(NC(=O)c3n[nH]c4cc(OC(F)(F)F)ccc34)cc2C1.O=C(O)C(F)(F)F. The van der Waals surface area contributed by atoms with Crippen molar-refractivity contribution in [3.8, 4) is 5.75 Å². The Hall–Kier alpha value is -3.88. The minimum atomic E-state index is -5.08. The average molecular weight is 505 g/mol. The molecule has 5 N–H and O–H groups in total. The van der Waals surface area contributed by atoms with Gasteiger partial charge < -0.3 is 20.9 Å². The van der Waals surface area contributed by atoms with Crippen molar-refractivity contribution in [3.05, 3.63) is 47.4 Å². The summed E-state index contributed by atoms with van der Waals surface area (Å²) in [6, 6.07) is 5.52. The van der Waals surface area contributed by atoms with Gasteiger partial charge in [-0.2, -0.15) is 18.3 Å². The number of aromatic nitrogens is 3. The largest absolute Gasteiger partial charge is 0.573 e. The van der Waals surface area contributed by atoms with Crippen LogP contribution in [-0.2, 0) is 17.6 Å². The van der Waals surface area contributed by atoms with Crippen molar-refractivity contribution in [1.29, 1.82) is 0 Å². The number of anilines is 1. The van der Waals surface area contributed by atoms with E-state index in [1.54, 1.807) is 6.20 Å². The van der Waals surface area contributed by atoms with Gasteiger partial charge in [0, 0.05) is 23.2 Å². The van der Waals surface area contributed by atoms with E-state index < -0.39 is 30.2 Å². The van der Waals surface area contributed by atoms with Crippen LogP contribution >= 0.6 is 0 Å². The molecule has 1 amide bonds. The molecule has 188 valence electrons. The monoisotopic (exact) mass is 505 g/mol. The maximum absolute atomic E-state index is 12.6. The van der Waals surface area contributed by atoms with E-state index in [0.29, 0.717) is 17.5 Å². The summed E-state index contributed by atoms with van der Waals surface area (Å²) in [7, 11) is 0. The highest BCUT2D eigenvalue weighted by molar-refractivity contribution is 6.11. The highest BCUT2D eigenvalue weighted by Crippen LogP contribution is 2.27. The lowest BCUT2D eigenvalue weighted by Gasteiger charge is -2.21. The number of nitrogens with zero attached hydrogens (tertiary/aromatic N) is 2. The van der Waals surface area contributed by atoms with Gasteiger partial charge in [0.1, 0.15) is 5.75 Å². The van der Waals surface area contributed by atoms with Crippen LogP contribution < -0.4 is 15.8 Å². The van der Waals surface area contributed by atoms with Crippen molar-refractivity contribution in [1.82, 2.24) is 15.2 Å². The number of ether oxygens (including phenoxy) is 1. The quantitative estimate of drug-likeness (QED) is 0.399. The minimum absolute atomic E-state index is 0.0583. The van der Waals surface area contributed by atoms with Gasteiger partial charge in [-0.25, -0.2) is 4.79 Å².